The standard InChI is InChI=1S/C14H20FIN2/c1-2-10-6-4-3-5-7-18(10)14-8-11(15)12(16)9-13(14)17/h8-10H,2-7,17H2,1H3. The molecule has 2 rings (SSSR count). The van der Waals surface area contributed by atoms with Gasteiger partial charge in [0.2, 0.25) is 0 Å². The summed E-state index contributed by atoms with van der Waals surface area (Å²) in [6.07, 6.45) is 5.97. The third-order valence-corrected chi connectivity index (χ3v) is 4.55. The molecule has 0 radical (unpaired) electrons. The van der Waals surface area contributed by atoms with Gasteiger partial charge in [0.1, 0.15) is 5.82 Å². The van der Waals surface area contributed by atoms with E-state index in [1.54, 1.807) is 12.1 Å². The number of anilines is 2. The lowest BCUT2D eigenvalue weighted by molar-refractivity contribution is 0.554. The molecule has 4 heteroatoms. The van der Waals surface area contributed by atoms with Gasteiger partial charge in [-0.1, -0.05) is 19.8 Å². The second kappa shape index (κ2) is 6.08. The Bertz CT molecular complexity index is 423. The Morgan fingerprint density at radius 1 is 1.39 bits per heavy atom. The van der Waals surface area contributed by atoms with E-state index in [0.717, 1.165) is 18.7 Å². The minimum absolute atomic E-state index is 0.168. The van der Waals surface area contributed by atoms with Crippen molar-refractivity contribution in [1.82, 2.24) is 0 Å². The highest BCUT2D eigenvalue weighted by Crippen LogP contribution is 2.32. The summed E-state index contributed by atoms with van der Waals surface area (Å²) in [6, 6.07) is 3.84. The third-order valence-electron chi connectivity index (χ3n) is 3.73. The molecule has 1 aliphatic rings. The average molecular weight is 362 g/mol. The Balaban J connectivity index is 2.35. The Morgan fingerprint density at radius 2 is 2.17 bits per heavy atom. The van der Waals surface area contributed by atoms with Gasteiger partial charge in [-0.05, 0) is 47.9 Å². The lowest BCUT2D eigenvalue weighted by Gasteiger charge is -2.32. The maximum Gasteiger partial charge on any atom is 0.138 e. The predicted molar refractivity (Wildman–Crippen MR) is 83.4 cm³/mol. The molecule has 1 aromatic carbocycles. The molecule has 1 fully saturated rings. The molecule has 1 unspecified atom stereocenters. The van der Waals surface area contributed by atoms with Crippen molar-refractivity contribution < 1.29 is 4.39 Å². The van der Waals surface area contributed by atoms with Crippen LogP contribution in [0.5, 0.6) is 0 Å². The molecule has 1 atom stereocenters. The van der Waals surface area contributed by atoms with Gasteiger partial charge in [-0.2, -0.15) is 0 Å². The van der Waals surface area contributed by atoms with Crippen molar-refractivity contribution >= 4 is 34.0 Å². The summed E-state index contributed by atoms with van der Waals surface area (Å²) in [4.78, 5) is 2.31. The molecule has 0 aromatic heterocycles. The van der Waals surface area contributed by atoms with Crippen molar-refractivity contribution in [2.24, 2.45) is 0 Å². The van der Waals surface area contributed by atoms with Gasteiger partial charge in [-0.3, -0.25) is 0 Å². The van der Waals surface area contributed by atoms with E-state index in [1.165, 1.54) is 25.7 Å². The maximum absolute atomic E-state index is 13.8. The van der Waals surface area contributed by atoms with Gasteiger partial charge < -0.3 is 10.6 Å². The first-order valence-corrected chi connectivity index (χ1v) is 7.72. The topological polar surface area (TPSA) is 29.3 Å². The van der Waals surface area contributed by atoms with E-state index in [-0.39, 0.29) is 5.82 Å². The second-order valence-corrected chi connectivity index (χ2v) is 6.09. The Hall–Kier alpha value is -0.520. The SMILES string of the molecule is CCC1CCCCCN1c1cc(F)c(I)cc1N. The van der Waals surface area contributed by atoms with Crippen LogP contribution in [0.4, 0.5) is 15.8 Å². The largest absolute Gasteiger partial charge is 0.397 e. The number of nitrogens with two attached hydrogens (primary N) is 1. The fourth-order valence-corrected chi connectivity index (χ4v) is 3.21. The van der Waals surface area contributed by atoms with Crippen LogP contribution in [0.25, 0.3) is 0 Å². The first-order valence-electron chi connectivity index (χ1n) is 6.64. The van der Waals surface area contributed by atoms with Gasteiger partial charge >= 0.3 is 0 Å². The molecule has 0 saturated carbocycles. The molecule has 0 bridgehead atoms. The summed E-state index contributed by atoms with van der Waals surface area (Å²) in [6.45, 7) is 3.19. The molecule has 0 amide bonds. The monoisotopic (exact) mass is 362 g/mol. The van der Waals surface area contributed by atoms with Crippen molar-refractivity contribution in [2.75, 3.05) is 17.2 Å². The van der Waals surface area contributed by atoms with Gasteiger partial charge in [0.25, 0.3) is 0 Å². The first-order chi connectivity index (χ1) is 8.63. The predicted octanol–water partition coefficient (Wildman–Crippen LogP) is 4.17. The molecule has 0 aliphatic carbocycles. The van der Waals surface area contributed by atoms with E-state index in [9.17, 15) is 4.39 Å². The van der Waals surface area contributed by atoms with Crippen LogP contribution in [0.3, 0.4) is 0 Å². The van der Waals surface area contributed by atoms with Crippen molar-refractivity contribution in [3.05, 3.63) is 21.5 Å². The quantitative estimate of drug-likeness (QED) is 0.632. The normalized spacial score (nSPS) is 20.8. The number of rotatable bonds is 2. The van der Waals surface area contributed by atoms with Crippen LogP contribution in [0.15, 0.2) is 12.1 Å². The number of nitrogens with zero attached hydrogens (tertiary/aromatic N) is 1. The molecule has 1 aromatic rings. The third kappa shape index (κ3) is 2.90. The molecule has 18 heavy (non-hydrogen) atoms. The summed E-state index contributed by atoms with van der Waals surface area (Å²) in [7, 11) is 0. The van der Waals surface area contributed by atoms with Gasteiger partial charge in [-0.25, -0.2) is 4.39 Å². The molecular formula is C14H20FIN2. The van der Waals surface area contributed by atoms with E-state index in [2.05, 4.69) is 11.8 Å². The lowest BCUT2D eigenvalue weighted by Crippen LogP contribution is -2.35. The first kappa shape index (κ1) is 13.9. The Morgan fingerprint density at radius 3 is 2.89 bits per heavy atom. The van der Waals surface area contributed by atoms with Crippen molar-refractivity contribution in [3.8, 4) is 0 Å². The average Bonchev–Trinajstić information content (AvgIpc) is 2.58. The van der Waals surface area contributed by atoms with E-state index in [4.69, 9.17) is 5.73 Å². The molecule has 2 nitrogen and oxygen atoms in total. The smallest absolute Gasteiger partial charge is 0.138 e. The highest BCUT2D eigenvalue weighted by Gasteiger charge is 2.22. The summed E-state index contributed by atoms with van der Waals surface area (Å²) in [5.41, 5.74) is 7.65. The molecule has 100 valence electrons. The van der Waals surface area contributed by atoms with E-state index in [1.807, 2.05) is 22.6 Å². The van der Waals surface area contributed by atoms with Crippen molar-refractivity contribution in [2.45, 2.75) is 45.1 Å². The van der Waals surface area contributed by atoms with E-state index < -0.39 is 0 Å². The van der Waals surface area contributed by atoms with Gasteiger partial charge in [0.05, 0.1) is 14.9 Å². The number of hydrogen-bond donors (Lipinski definition) is 1. The van der Waals surface area contributed by atoms with Crippen LogP contribution in [-0.4, -0.2) is 12.6 Å². The maximum atomic E-state index is 13.8. The molecule has 1 aliphatic heterocycles. The van der Waals surface area contributed by atoms with Crippen LogP contribution in [0, 0.1) is 9.39 Å². The summed E-state index contributed by atoms with van der Waals surface area (Å²) >= 11 is 1.99. The van der Waals surface area contributed by atoms with Crippen LogP contribution in [-0.2, 0) is 0 Å². The zero-order valence-electron chi connectivity index (χ0n) is 10.8. The number of nitrogen functional groups attached to an aromatic ring is 1. The van der Waals surface area contributed by atoms with Gasteiger partial charge in [0.15, 0.2) is 0 Å². The zero-order chi connectivity index (χ0) is 13.1. The van der Waals surface area contributed by atoms with Crippen LogP contribution in [0.1, 0.15) is 39.0 Å². The highest BCUT2D eigenvalue weighted by atomic mass is 127. The fraction of sp³-hybridized carbons (Fsp3) is 0.571. The summed E-state index contributed by atoms with van der Waals surface area (Å²) < 4.78 is 14.4. The summed E-state index contributed by atoms with van der Waals surface area (Å²) in [5, 5.41) is 0. The minimum Gasteiger partial charge on any atom is -0.397 e. The zero-order valence-corrected chi connectivity index (χ0v) is 12.9. The van der Waals surface area contributed by atoms with Crippen LogP contribution in [0.2, 0.25) is 0 Å². The van der Waals surface area contributed by atoms with E-state index in [0.29, 0.717) is 15.3 Å². The molecule has 1 heterocycles. The number of benzene rings is 1. The van der Waals surface area contributed by atoms with Gasteiger partial charge in [-0.15, -0.1) is 0 Å². The second-order valence-electron chi connectivity index (χ2n) is 4.93. The highest BCUT2D eigenvalue weighted by molar-refractivity contribution is 14.1. The number of hydrogen-bond acceptors (Lipinski definition) is 2. The molecule has 0 spiro atoms. The van der Waals surface area contributed by atoms with Crippen molar-refractivity contribution in [1.29, 1.82) is 0 Å². The number of halogens is 2. The fourth-order valence-electron chi connectivity index (χ4n) is 2.72. The van der Waals surface area contributed by atoms with E-state index >= 15 is 0 Å². The Labute approximate surface area is 122 Å². The lowest BCUT2D eigenvalue weighted by atomic mass is 10.1. The summed E-state index contributed by atoms with van der Waals surface area (Å²) in [5.74, 6) is -0.168. The van der Waals surface area contributed by atoms with Crippen LogP contribution >= 0.6 is 22.6 Å². The molecular weight excluding hydrogens is 342 g/mol. The van der Waals surface area contributed by atoms with Crippen LogP contribution < -0.4 is 10.6 Å². The molecule has 2 N–H and O–H groups in total. The Kier molecular flexibility index (Phi) is 4.70. The minimum atomic E-state index is -0.168. The molecule has 1 saturated heterocycles. The van der Waals surface area contributed by atoms with Gasteiger partial charge in [0, 0.05) is 18.7 Å². The van der Waals surface area contributed by atoms with Crippen molar-refractivity contribution in [3.63, 3.8) is 0 Å².